The quantitative estimate of drug-likeness (QED) is 0.870. The van der Waals surface area contributed by atoms with Gasteiger partial charge < -0.3 is 15.1 Å². The van der Waals surface area contributed by atoms with Gasteiger partial charge in [0.05, 0.1) is 17.7 Å². The van der Waals surface area contributed by atoms with Crippen molar-refractivity contribution in [1.82, 2.24) is 0 Å². The Morgan fingerprint density at radius 1 is 1.42 bits per heavy atom. The van der Waals surface area contributed by atoms with E-state index >= 15 is 0 Å². The number of anilines is 1. The minimum absolute atomic E-state index is 0.245. The molecule has 0 spiro atoms. The molecule has 1 heterocycles. The third kappa shape index (κ3) is 3.06. The first-order valence-electron chi connectivity index (χ1n) is 6.73. The first kappa shape index (κ1) is 13.9. The Morgan fingerprint density at radius 2 is 2.11 bits per heavy atom. The average Bonchev–Trinajstić information content (AvgIpc) is 2.46. The highest BCUT2D eigenvalue weighted by molar-refractivity contribution is 5.58. The van der Waals surface area contributed by atoms with Crippen LogP contribution in [0.15, 0.2) is 18.2 Å². The molecule has 1 aromatic carbocycles. The maximum absolute atomic E-state index is 9.85. The molecule has 4 heteroatoms. The lowest BCUT2D eigenvalue weighted by atomic mass is 9.96. The molecule has 0 amide bonds. The summed E-state index contributed by atoms with van der Waals surface area (Å²) in [5.41, 5.74) is 2.43. The van der Waals surface area contributed by atoms with E-state index in [0.717, 1.165) is 37.2 Å². The number of rotatable bonds is 3. The van der Waals surface area contributed by atoms with Crippen LogP contribution in [0.1, 0.15) is 37.0 Å². The van der Waals surface area contributed by atoms with Gasteiger partial charge in [-0.25, -0.2) is 0 Å². The summed E-state index contributed by atoms with van der Waals surface area (Å²) in [5, 5.41) is 28.0. The maximum atomic E-state index is 9.85. The van der Waals surface area contributed by atoms with Gasteiger partial charge in [0.2, 0.25) is 0 Å². The molecular weight excluding hydrogens is 240 g/mol. The normalized spacial score (nSPS) is 18.1. The minimum atomic E-state index is -0.543. The fraction of sp³-hybridized carbons (Fsp3) is 0.533. The molecule has 1 aromatic rings. The molecule has 102 valence electrons. The zero-order chi connectivity index (χ0) is 13.8. The van der Waals surface area contributed by atoms with Crippen LogP contribution in [0.25, 0.3) is 0 Å². The molecule has 2 N–H and O–H groups in total. The van der Waals surface area contributed by atoms with E-state index in [-0.39, 0.29) is 6.61 Å². The monoisotopic (exact) mass is 260 g/mol. The van der Waals surface area contributed by atoms with Gasteiger partial charge in [0.15, 0.2) is 0 Å². The number of nitriles is 1. The second-order valence-electron chi connectivity index (χ2n) is 5.17. The van der Waals surface area contributed by atoms with Crippen LogP contribution in [-0.2, 0) is 0 Å². The molecule has 1 aliphatic heterocycles. The fourth-order valence-corrected chi connectivity index (χ4v) is 2.60. The molecule has 0 aromatic heterocycles. The highest BCUT2D eigenvalue weighted by Crippen LogP contribution is 2.30. The Kier molecular flexibility index (Phi) is 4.41. The highest BCUT2D eigenvalue weighted by atomic mass is 16.3. The van der Waals surface area contributed by atoms with E-state index in [1.54, 1.807) is 13.0 Å². The van der Waals surface area contributed by atoms with Crippen LogP contribution in [-0.4, -0.2) is 29.9 Å². The van der Waals surface area contributed by atoms with Gasteiger partial charge in [0.25, 0.3) is 0 Å². The Labute approximate surface area is 113 Å². The third-order valence-corrected chi connectivity index (χ3v) is 3.82. The summed E-state index contributed by atoms with van der Waals surface area (Å²) in [6.07, 6.45) is 1.36. The zero-order valence-electron chi connectivity index (χ0n) is 11.2. The molecule has 1 saturated heterocycles. The molecule has 1 aliphatic rings. The molecule has 0 aliphatic carbocycles. The van der Waals surface area contributed by atoms with E-state index in [4.69, 9.17) is 5.26 Å². The van der Waals surface area contributed by atoms with Crippen molar-refractivity contribution >= 4 is 5.69 Å². The lowest BCUT2D eigenvalue weighted by Crippen LogP contribution is -2.35. The molecule has 1 atom stereocenters. The third-order valence-electron chi connectivity index (χ3n) is 3.82. The summed E-state index contributed by atoms with van der Waals surface area (Å²) in [5.74, 6) is 0.380. The number of benzene rings is 1. The van der Waals surface area contributed by atoms with Crippen LogP contribution in [0.2, 0.25) is 0 Å². The number of aliphatic hydroxyl groups excluding tert-OH is 2. The average molecular weight is 260 g/mol. The van der Waals surface area contributed by atoms with Crippen molar-refractivity contribution in [2.75, 3.05) is 24.6 Å². The van der Waals surface area contributed by atoms with Gasteiger partial charge in [0, 0.05) is 30.9 Å². The second kappa shape index (κ2) is 6.05. The first-order chi connectivity index (χ1) is 9.15. The van der Waals surface area contributed by atoms with Crippen molar-refractivity contribution in [3.63, 3.8) is 0 Å². The molecule has 0 saturated carbocycles. The molecular formula is C15H20N2O2. The summed E-state index contributed by atoms with van der Waals surface area (Å²) in [6.45, 7) is 3.71. The Hall–Kier alpha value is -1.57. The van der Waals surface area contributed by atoms with Crippen LogP contribution in [0.3, 0.4) is 0 Å². The second-order valence-corrected chi connectivity index (χ2v) is 5.17. The van der Waals surface area contributed by atoms with E-state index in [1.165, 1.54) is 0 Å². The van der Waals surface area contributed by atoms with Crippen LogP contribution < -0.4 is 4.90 Å². The lowest BCUT2D eigenvalue weighted by Gasteiger charge is -2.34. The summed E-state index contributed by atoms with van der Waals surface area (Å²) in [4.78, 5) is 2.20. The topological polar surface area (TPSA) is 67.5 Å². The van der Waals surface area contributed by atoms with Crippen molar-refractivity contribution in [2.24, 2.45) is 5.92 Å². The lowest BCUT2D eigenvalue weighted by molar-refractivity contribution is 0.196. The van der Waals surface area contributed by atoms with Gasteiger partial charge in [-0.3, -0.25) is 0 Å². The highest BCUT2D eigenvalue weighted by Gasteiger charge is 2.21. The Bertz CT molecular complexity index is 472. The van der Waals surface area contributed by atoms with Crippen LogP contribution in [0.4, 0.5) is 5.69 Å². The number of aliphatic hydroxyl groups is 2. The standard InChI is InChI=1S/C15H20N2O2/c1-11(19)14-3-2-13(9-16)8-15(14)17-6-4-12(10-18)5-7-17/h2-3,8,11-12,18-19H,4-7,10H2,1H3. The largest absolute Gasteiger partial charge is 0.396 e. The predicted octanol–water partition coefficient (Wildman–Crippen LogP) is 1.82. The maximum Gasteiger partial charge on any atom is 0.0992 e. The van der Waals surface area contributed by atoms with Crippen molar-refractivity contribution in [3.05, 3.63) is 29.3 Å². The molecule has 1 fully saturated rings. The number of hydrogen-bond acceptors (Lipinski definition) is 4. The number of hydrogen-bond donors (Lipinski definition) is 2. The smallest absolute Gasteiger partial charge is 0.0992 e. The van der Waals surface area contributed by atoms with E-state index in [0.29, 0.717) is 11.5 Å². The van der Waals surface area contributed by atoms with Crippen LogP contribution in [0, 0.1) is 17.2 Å². The number of nitrogens with zero attached hydrogens (tertiary/aromatic N) is 2. The Morgan fingerprint density at radius 3 is 2.63 bits per heavy atom. The van der Waals surface area contributed by atoms with Gasteiger partial charge >= 0.3 is 0 Å². The predicted molar refractivity (Wildman–Crippen MR) is 73.8 cm³/mol. The van der Waals surface area contributed by atoms with E-state index < -0.39 is 6.10 Å². The molecule has 2 rings (SSSR count). The van der Waals surface area contributed by atoms with Gasteiger partial charge in [-0.15, -0.1) is 0 Å². The van der Waals surface area contributed by atoms with Crippen LogP contribution >= 0.6 is 0 Å². The van der Waals surface area contributed by atoms with Gasteiger partial charge in [-0.1, -0.05) is 6.07 Å². The summed E-state index contributed by atoms with van der Waals surface area (Å²) in [6, 6.07) is 7.56. The van der Waals surface area contributed by atoms with Crippen LogP contribution in [0.5, 0.6) is 0 Å². The van der Waals surface area contributed by atoms with Gasteiger partial charge in [-0.2, -0.15) is 5.26 Å². The van der Waals surface area contributed by atoms with Crippen molar-refractivity contribution in [2.45, 2.75) is 25.9 Å². The zero-order valence-corrected chi connectivity index (χ0v) is 11.2. The summed E-state index contributed by atoms with van der Waals surface area (Å²) >= 11 is 0. The SMILES string of the molecule is CC(O)c1ccc(C#N)cc1N1CCC(CO)CC1. The minimum Gasteiger partial charge on any atom is -0.396 e. The fourth-order valence-electron chi connectivity index (χ4n) is 2.60. The first-order valence-corrected chi connectivity index (χ1v) is 6.73. The summed E-state index contributed by atoms with van der Waals surface area (Å²) in [7, 11) is 0. The number of piperidine rings is 1. The van der Waals surface area contributed by atoms with E-state index in [1.807, 2.05) is 12.1 Å². The van der Waals surface area contributed by atoms with Gasteiger partial charge in [0.1, 0.15) is 0 Å². The van der Waals surface area contributed by atoms with Crippen molar-refractivity contribution in [3.8, 4) is 6.07 Å². The molecule has 0 bridgehead atoms. The molecule has 1 unspecified atom stereocenters. The van der Waals surface area contributed by atoms with Crippen molar-refractivity contribution in [1.29, 1.82) is 5.26 Å². The Balaban J connectivity index is 2.25. The molecule has 4 nitrogen and oxygen atoms in total. The summed E-state index contributed by atoms with van der Waals surface area (Å²) < 4.78 is 0. The molecule has 0 radical (unpaired) electrons. The van der Waals surface area contributed by atoms with Crippen molar-refractivity contribution < 1.29 is 10.2 Å². The van der Waals surface area contributed by atoms with E-state index in [9.17, 15) is 10.2 Å². The van der Waals surface area contributed by atoms with Gasteiger partial charge in [-0.05, 0) is 37.8 Å². The molecule has 19 heavy (non-hydrogen) atoms. The van der Waals surface area contributed by atoms with E-state index in [2.05, 4.69) is 11.0 Å².